The molecule has 2 heterocycles. The van der Waals surface area contributed by atoms with E-state index in [0.717, 1.165) is 0 Å². The number of hydrogen-bond acceptors (Lipinski definition) is 5. The molecule has 118 valence electrons. The summed E-state index contributed by atoms with van der Waals surface area (Å²) in [5.41, 5.74) is 0.320. The average Bonchev–Trinajstić information content (AvgIpc) is 2.59. The molecule has 0 amide bonds. The van der Waals surface area contributed by atoms with E-state index in [9.17, 15) is 14.9 Å². The first-order chi connectivity index (χ1) is 11.5. The van der Waals surface area contributed by atoms with Crippen LogP contribution in [0.4, 0.5) is 5.69 Å². The molecule has 0 atom stereocenters. The van der Waals surface area contributed by atoms with Crippen molar-refractivity contribution in [2.24, 2.45) is 0 Å². The number of non-ortho nitro benzene ring substituents is 1. The standard InChI is InChI=1S/C16H10N4O3S/c1-2-9-18-15(21)13-7-4-8-17-14(13)19(16(18)24)11-5-3-6-12(10-11)20(22)23/h1,3-8,10H,9H2. The van der Waals surface area contributed by atoms with E-state index in [-0.39, 0.29) is 22.6 Å². The van der Waals surface area contributed by atoms with Crippen LogP contribution in [-0.2, 0) is 6.54 Å². The van der Waals surface area contributed by atoms with Crippen LogP contribution in [0, 0.1) is 27.2 Å². The first-order valence-corrected chi connectivity index (χ1v) is 7.24. The predicted molar refractivity (Wildman–Crippen MR) is 91.7 cm³/mol. The van der Waals surface area contributed by atoms with Gasteiger partial charge in [-0.15, -0.1) is 6.42 Å². The number of rotatable bonds is 3. The minimum atomic E-state index is -0.500. The Balaban J connectivity index is 2.46. The number of hydrogen-bond donors (Lipinski definition) is 0. The Hall–Kier alpha value is -3.31. The zero-order chi connectivity index (χ0) is 17.3. The SMILES string of the molecule is C#CCn1c(=O)c2cccnc2n(-c2cccc([N+](=O)[O-])c2)c1=S. The Morgan fingerprint density at radius 3 is 2.83 bits per heavy atom. The first-order valence-electron chi connectivity index (χ1n) is 6.83. The molecule has 7 nitrogen and oxygen atoms in total. The van der Waals surface area contributed by atoms with E-state index in [2.05, 4.69) is 10.9 Å². The van der Waals surface area contributed by atoms with E-state index in [0.29, 0.717) is 16.7 Å². The van der Waals surface area contributed by atoms with Crippen LogP contribution in [0.1, 0.15) is 0 Å². The van der Waals surface area contributed by atoms with E-state index >= 15 is 0 Å². The molecule has 0 saturated heterocycles. The Labute approximate surface area is 141 Å². The second-order valence-electron chi connectivity index (χ2n) is 4.86. The number of nitrogens with zero attached hydrogens (tertiary/aromatic N) is 4. The van der Waals surface area contributed by atoms with Crippen molar-refractivity contribution in [3.8, 4) is 18.0 Å². The smallest absolute Gasteiger partial charge is 0.271 e. The van der Waals surface area contributed by atoms with Crippen LogP contribution < -0.4 is 5.56 Å². The Kier molecular flexibility index (Phi) is 3.93. The molecule has 0 bridgehead atoms. The third-order valence-corrected chi connectivity index (χ3v) is 3.85. The fourth-order valence-corrected chi connectivity index (χ4v) is 2.73. The monoisotopic (exact) mass is 338 g/mol. The van der Waals surface area contributed by atoms with Crippen molar-refractivity contribution in [2.75, 3.05) is 0 Å². The molecule has 0 aliphatic heterocycles. The summed E-state index contributed by atoms with van der Waals surface area (Å²) in [5, 5.41) is 11.4. The molecule has 3 rings (SSSR count). The quantitative estimate of drug-likeness (QED) is 0.317. The summed E-state index contributed by atoms with van der Waals surface area (Å²) in [4.78, 5) is 27.3. The van der Waals surface area contributed by atoms with Gasteiger partial charge in [0.2, 0.25) is 0 Å². The minimum absolute atomic E-state index is 0.00255. The van der Waals surface area contributed by atoms with Gasteiger partial charge in [0.15, 0.2) is 10.4 Å². The van der Waals surface area contributed by atoms with Crippen LogP contribution >= 0.6 is 12.2 Å². The topological polar surface area (TPSA) is 83.0 Å². The third kappa shape index (κ3) is 2.47. The molecular formula is C16H10N4O3S. The molecule has 1 aromatic carbocycles. The zero-order valence-corrected chi connectivity index (χ0v) is 13.1. The van der Waals surface area contributed by atoms with Gasteiger partial charge in [0.25, 0.3) is 11.2 Å². The summed E-state index contributed by atoms with van der Waals surface area (Å²) in [6, 6.07) is 9.18. The van der Waals surface area contributed by atoms with Crippen LogP contribution in [0.3, 0.4) is 0 Å². The van der Waals surface area contributed by atoms with Gasteiger partial charge < -0.3 is 0 Å². The third-order valence-electron chi connectivity index (χ3n) is 3.44. The highest BCUT2D eigenvalue weighted by Crippen LogP contribution is 2.20. The van der Waals surface area contributed by atoms with Crippen molar-refractivity contribution < 1.29 is 4.92 Å². The van der Waals surface area contributed by atoms with Gasteiger partial charge in [0.05, 0.1) is 22.5 Å². The van der Waals surface area contributed by atoms with Crippen molar-refractivity contribution in [3.05, 3.63) is 67.8 Å². The highest BCUT2D eigenvalue weighted by atomic mass is 32.1. The lowest BCUT2D eigenvalue weighted by Crippen LogP contribution is -2.25. The van der Waals surface area contributed by atoms with E-state index in [1.807, 2.05) is 0 Å². The number of pyridine rings is 1. The normalized spacial score (nSPS) is 10.5. The van der Waals surface area contributed by atoms with Crippen molar-refractivity contribution in [1.29, 1.82) is 0 Å². The van der Waals surface area contributed by atoms with Crippen LogP contribution in [0.2, 0.25) is 0 Å². The maximum atomic E-state index is 12.5. The lowest BCUT2D eigenvalue weighted by atomic mass is 10.2. The minimum Gasteiger partial charge on any atom is -0.272 e. The van der Waals surface area contributed by atoms with Crippen LogP contribution in [-0.4, -0.2) is 19.0 Å². The summed E-state index contributed by atoms with van der Waals surface area (Å²) in [6.07, 6.45) is 6.85. The molecule has 2 aromatic heterocycles. The second-order valence-corrected chi connectivity index (χ2v) is 5.23. The van der Waals surface area contributed by atoms with Crippen LogP contribution in [0.5, 0.6) is 0 Å². The van der Waals surface area contributed by atoms with Crippen molar-refractivity contribution in [2.45, 2.75) is 6.54 Å². The Morgan fingerprint density at radius 1 is 1.33 bits per heavy atom. The maximum absolute atomic E-state index is 12.5. The molecule has 0 spiro atoms. The molecule has 0 aliphatic rings. The van der Waals surface area contributed by atoms with Crippen LogP contribution in [0.15, 0.2) is 47.4 Å². The van der Waals surface area contributed by atoms with Gasteiger partial charge >= 0.3 is 0 Å². The zero-order valence-electron chi connectivity index (χ0n) is 12.2. The van der Waals surface area contributed by atoms with Crippen LogP contribution in [0.25, 0.3) is 16.7 Å². The molecule has 0 saturated carbocycles. The van der Waals surface area contributed by atoms with Crippen molar-refractivity contribution in [1.82, 2.24) is 14.1 Å². The second kappa shape index (κ2) is 6.06. The van der Waals surface area contributed by atoms with Crippen molar-refractivity contribution in [3.63, 3.8) is 0 Å². The molecule has 0 unspecified atom stereocenters. The van der Waals surface area contributed by atoms with E-state index in [4.69, 9.17) is 18.6 Å². The number of aromatic nitrogens is 3. The number of nitro benzene ring substituents is 1. The van der Waals surface area contributed by atoms with Gasteiger partial charge in [-0.25, -0.2) is 4.98 Å². The highest BCUT2D eigenvalue weighted by Gasteiger charge is 2.14. The lowest BCUT2D eigenvalue weighted by Gasteiger charge is -2.13. The van der Waals surface area contributed by atoms with E-state index in [1.165, 1.54) is 27.5 Å². The van der Waals surface area contributed by atoms with Gasteiger partial charge in [-0.3, -0.25) is 24.0 Å². The van der Waals surface area contributed by atoms with E-state index < -0.39 is 4.92 Å². The maximum Gasteiger partial charge on any atom is 0.271 e. The fourth-order valence-electron chi connectivity index (χ4n) is 2.39. The Bertz CT molecular complexity index is 1120. The molecular weight excluding hydrogens is 328 g/mol. The largest absolute Gasteiger partial charge is 0.272 e. The number of benzene rings is 1. The highest BCUT2D eigenvalue weighted by molar-refractivity contribution is 7.71. The Morgan fingerprint density at radius 2 is 2.12 bits per heavy atom. The summed E-state index contributed by atoms with van der Waals surface area (Å²) >= 11 is 5.38. The lowest BCUT2D eigenvalue weighted by molar-refractivity contribution is -0.384. The summed E-state index contributed by atoms with van der Waals surface area (Å²) in [6.45, 7) is -0.00255. The molecule has 24 heavy (non-hydrogen) atoms. The van der Waals surface area contributed by atoms with E-state index in [1.54, 1.807) is 24.3 Å². The van der Waals surface area contributed by atoms with Gasteiger partial charge in [-0.2, -0.15) is 0 Å². The molecule has 0 fully saturated rings. The fraction of sp³-hybridized carbons (Fsp3) is 0.0625. The first kappa shape index (κ1) is 15.6. The average molecular weight is 338 g/mol. The van der Waals surface area contributed by atoms with Gasteiger partial charge in [-0.05, 0) is 30.4 Å². The number of fused-ring (bicyclic) bond motifs is 1. The van der Waals surface area contributed by atoms with Gasteiger partial charge in [0, 0.05) is 18.3 Å². The van der Waals surface area contributed by atoms with Gasteiger partial charge in [-0.1, -0.05) is 12.0 Å². The summed E-state index contributed by atoms with van der Waals surface area (Å²) in [5.74, 6) is 2.39. The molecule has 0 radical (unpaired) electrons. The summed E-state index contributed by atoms with van der Waals surface area (Å²) in [7, 11) is 0. The number of terminal acetylenes is 1. The predicted octanol–water partition coefficient (Wildman–Crippen LogP) is 2.46. The molecule has 3 aromatic rings. The van der Waals surface area contributed by atoms with Gasteiger partial charge in [0.1, 0.15) is 0 Å². The molecule has 8 heteroatoms. The molecule has 0 N–H and O–H groups in total. The molecule has 0 aliphatic carbocycles. The number of nitro groups is 1. The summed E-state index contributed by atoms with van der Waals surface area (Å²) < 4.78 is 2.90. The van der Waals surface area contributed by atoms with Crippen molar-refractivity contribution >= 4 is 28.9 Å².